The molecule has 0 bridgehead atoms. The standard InChI is InChI=1S/C13H12ClN3O3S/c1-9-4-2-5-10(8-9)21(19,20)17-13(18)16-12-7-3-6-11(14)15-12/h2-8H,1H3,(H2,15,16,17,18). The number of urea groups is 1. The van der Waals surface area contributed by atoms with E-state index >= 15 is 0 Å². The lowest BCUT2D eigenvalue weighted by Crippen LogP contribution is -2.34. The monoisotopic (exact) mass is 325 g/mol. The van der Waals surface area contributed by atoms with Gasteiger partial charge in [-0.25, -0.2) is 22.9 Å². The molecule has 0 spiro atoms. The van der Waals surface area contributed by atoms with Gasteiger partial charge in [-0.2, -0.15) is 0 Å². The van der Waals surface area contributed by atoms with Crippen molar-refractivity contribution in [3.63, 3.8) is 0 Å². The SMILES string of the molecule is Cc1cccc(S(=O)(=O)NC(=O)Nc2cccc(Cl)n2)c1. The number of carbonyl (C=O) groups is 1. The summed E-state index contributed by atoms with van der Waals surface area (Å²) in [6, 6.07) is 9.92. The van der Waals surface area contributed by atoms with Crippen molar-refractivity contribution < 1.29 is 13.2 Å². The van der Waals surface area contributed by atoms with E-state index in [0.717, 1.165) is 5.56 Å². The van der Waals surface area contributed by atoms with E-state index in [4.69, 9.17) is 11.6 Å². The van der Waals surface area contributed by atoms with E-state index in [2.05, 4.69) is 10.3 Å². The summed E-state index contributed by atoms with van der Waals surface area (Å²) < 4.78 is 26.0. The molecule has 0 aliphatic heterocycles. The average molecular weight is 326 g/mol. The molecule has 21 heavy (non-hydrogen) atoms. The van der Waals surface area contributed by atoms with Crippen LogP contribution in [0.5, 0.6) is 0 Å². The summed E-state index contributed by atoms with van der Waals surface area (Å²) in [5.41, 5.74) is 0.773. The van der Waals surface area contributed by atoms with Crippen LogP contribution in [0.3, 0.4) is 0 Å². The van der Waals surface area contributed by atoms with Crippen molar-refractivity contribution in [1.29, 1.82) is 0 Å². The van der Waals surface area contributed by atoms with E-state index in [9.17, 15) is 13.2 Å². The quantitative estimate of drug-likeness (QED) is 0.849. The van der Waals surface area contributed by atoms with Gasteiger partial charge >= 0.3 is 6.03 Å². The van der Waals surface area contributed by atoms with Gasteiger partial charge in [-0.15, -0.1) is 0 Å². The number of nitrogens with one attached hydrogen (secondary N) is 2. The van der Waals surface area contributed by atoms with Gasteiger partial charge in [0.25, 0.3) is 10.0 Å². The van der Waals surface area contributed by atoms with Crippen molar-refractivity contribution in [2.45, 2.75) is 11.8 Å². The van der Waals surface area contributed by atoms with Crippen LogP contribution in [0, 0.1) is 6.92 Å². The van der Waals surface area contributed by atoms with Crippen LogP contribution in [0.15, 0.2) is 47.4 Å². The second-order valence-corrected chi connectivity index (χ2v) is 6.29. The molecule has 2 rings (SSSR count). The van der Waals surface area contributed by atoms with Crippen molar-refractivity contribution in [2.75, 3.05) is 5.32 Å². The van der Waals surface area contributed by atoms with Gasteiger partial charge in [-0.05, 0) is 36.8 Å². The van der Waals surface area contributed by atoms with Crippen LogP contribution in [-0.2, 0) is 10.0 Å². The third-order valence-electron chi connectivity index (χ3n) is 2.48. The summed E-state index contributed by atoms with van der Waals surface area (Å²) in [5.74, 6) is 0.152. The van der Waals surface area contributed by atoms with Gasteiger partial charge in [0.05, 0.1) is 4.90 Å². The fraction of sp³-hybridized carbons (Fsp3) is 0.0769. The van der Waals surface area contributed by atoms with Crippen LogP contribution in [0.25, 0.3) is 0 Å². The maximum absolute atomic E-state index is 12.0. The summed E-state index contributed by atoms with van der Waals surface area (Å²) in [6.07, 6.45) is 0. The van der Waals surface area contributed by atoms with Gasteiger partial charge in [0.2, 0.25) is 0 Å². The molecule has 8 heteroatoms. The molecule has 2 N–H and O–H groups in total. The van der Waals surface area contributed by atoms with Gasteiger partial charge < -0.3 is 0 Å². The number of hydrogen-bond donors (Lipinski definition) is 2. The minimum atomic E-state index is -3.94. The van der Waals surface area contributed by atoms with Crippen molar-refractivity contribution in [2.24, 2.45) is 0 Å². The number of amides is 2. The molecule has 0 saturated heterocycles. The molecule has 0 atom stereocenters. The van der Waals surface area contributed by atoms with E-state index < -0.39 is 16.1 Å². The Balaban J connectivity index is 2.12. The summed E-state index contributed by atoms with van der Waals surface area (Å²) in [4.78, 5) is 15.6. The average Bonchev–Trinajstić information content (AvgIpc) is 2.37. The number of carbonyl (C=O) groups excluding carboxylic acids is 1. The second kappa shape index (κ2) is 6.11. The number of rotatable bonds is 3. The third kappa shape index (κ3) is 4.17. The van der Waals surface area contributed by atoms with Gasteiger partial charge in [-0.1, -0.05) is 29.8 Å². The first-order valence-corrected chi connectivity index (χ1v) is 7.76. The van der Waals surface area contributed by atoms with Gasteiger partial charge in [0, 0.05) is 0 Å². The molecule has 0 aliphatic carbocycles. The highest BCUT2D eigenvalue weighted by Gasteiger charge is 2.17. The Morgan fingerprint density at radius 3 is 2.57 bits per heavy atom. The lowest BCUT2D eigenvalue weighted by atomic mass is 10.2. The fourth-order valence-corrected chi connectivity index (χ4v) is 2.76. The summed E-state index contributed by atoms with van der Waals surface area (Å²) in [6.45, 7) is 1.76. The number of pyridine rings is 1. The highest BCUT2D eigenvalue weighted by Crippen LogP contribution is 2.12. The molecule has 1 aromatic heterocycles. The maximum atomic E-state index is 12.0. The van der Waals surface area contributed by atoms with Crippen LogP contribution >= 0.6 is 11.6 Å². The van der Waals surface area contributed by atoms with Gasteiger partial charge in [0.15, 0.2) is 0 Å². The number of nitrogens with zero attached hydrogens (tertiary/aromatic N) is 1. The Bertz CT molecular complexity index is 778. The van der Waals surface area contributed by atoms with Crippen molar-refractivity contribution in [3.05, 3.63) is 53.2 Å². The van der Waals surface area contributed by atoms with Crippen LogP contribution in [0.4, 0.5) is 10.6 Å². The first-order chi connectivity index (χ1) is 9.87. The zero-order chi connectivity index (χ0) is 15.5. The minimum absolute atomic E-state index is 0.0108. The molecule has 0 unspecified atom stereocenters. The Hall–Kier alpha value is -2.12. The van der Waals surface area contributed by atoms with E-state index in [1.165, 1.54) is 24.3 Å². The van der Waals surface area contributed by atoms with Crippen molar-refractivity contribution >= 4 is 33.5 Å². The largest absolute Gasteiger partial charge is 0.334 e. The molecule has 6 nitrogen and oxygen atoms in total. The van der Waals surface area contributed by atoms with E-state index in [0.29, 0.717) is 0 Å². The highest BCUT2D eigenvalue weighted by molar-refractivity contribution is 7.90. The topological polar surface area (TPSA) is 88.2 Å². The second-order valence-electron chi connectivity index (χ2n) is 4.22. The van der Waals surface area contributed by atoms with Crippen molar-refractivity contribution in [3.8, 4) is 0 Å². The number of hydrogen-bond acceptors (Lipinski definition) is 4. The first-order valence-electron chi connectivity index (χ1n) is 5.90. The molecular weight excluding hydrogens is 314 g/mol. The van der Waals surface area contributed by atoms with Crippen LogP contribution in [0.1, 0.15) is 5.56 Å². The molecule has 2 amide bonds. The van der Waals surface area contributed by atoms with Crippen LogP contribution in [-0.4, -0.2) is 19.4 Å². The van der Waals surface area contributed by atoms with E-state index in [1.807, 2.05) is 4.72 Å². The fourth-order valence-electron chi connectivity index (χ4n) is 1.58. The molecule has 2 aromatic rings. The number of aryl methyl sites for hydroxylation is 1. The summed E-state index contributed by atoms with van der Waals surface area (Å²) in [7, 11) is -3.94. The number of sulfonamides is 1. The van der Waals surface area contributed by atoms with Gasteiger partial charge in [0.1, 0.15) is 11.0 Å². The normalized spacial score (nSPS) is 11.0. The molecule has 0 aliphatic rings. The minimum Gasteiger partial charge on any atom is -0.291 e. The summed E-state index contributed by atoms with van der Waals surface area (Å²) in [5, 5.41) is 2.49. The molecule has 1 heterocycles. The Morgan fingerprint density at radius 2 is 1.90 bits per heavy atom. The zero-order valence-electron chi connectivity index (χ0n) is 11.0. The number of anilines is 1. The first kappa shape index (κ1) is 15.3. The van der Waals surface area contributed by atoms with Crippen molar-refractivity contribution in [1.82, 2.24) is 9.71 Å². The third-order valence-corrected chi connectivity index (χ3v) is 4.02. The Labute approximate surface area is 127 Å². The Kier molecular flexibility index (Phi) is 4.44. The number of benzene rings is 1. The number of halogens is 1. The lowest BCUT2D eigenvalue weighted by molar-refractivity contribution is 0.256. The zero-order valence-corrected chi connectivity index (χ0v) is 12.6. The van der Waals surface area contributed by atoms with Crippen LogP contribution in [0.2, 0.25) is 5.15 Å². The molecule has 0 fully saturated rings. The van der Waals surface area contributed by atoms with Gasteiger partial charge in [-0.3, -0.25) is 5.32 Å². The molecule has 0 radical (unpaired) electrons. The molecule has 1 aromatic carbocycles. The van der Waals surface area contributed by atoms with E-state index in [-0.39, 0.29) is 15.9 Å². The lowest BCUT2D eigenvalue weighted by Gasteiger charge is -2.08. The molecule has 0 saturated carbocycles. The molecular formula is C13H12ClN3O3S. The number of aromatic nitrogens is 1. The van der Waals surface area contributed by atoms with E-state index in [1.54, 1.807) is 25.1 Å². The highest BCUT2D eigenvalue weighted by atomic mass is 35.5. The maximum Gasteiger partial charge on any atom is 0.334 e. The van der Waals surface area contributed by atoms with Crippen LogP contribution < -0.4 is 10.0 Å². The smallest absolute Gasteiger partial charge is 0.291 e. The Morgan fingerprint density at radius 1 is 1.19 bits per heavy atom. The molecule has 110 valence electrons. The predicted octanol–water partition coefficient (Wildman–Crippen LogP) is 2.55. The summed E-state index contributed by atoms with van der Waals surface area (Å²) >= 11 is 5.67. The predicted molar refractivity (Wildman–Crippen MR) is 79.8 cm³/mol.